The van der Waals surface area contributed by atoms with Crippen LogP contribution in [0.4, 0.5) is 13.2 Å². The summed E-state index contributed by atoms with van der Waals surface area (Å²) < 4.78 is 39.2. The SMILES string of the molecule is CC(C)(N)C1(c2c(Cl)cccc2C(F)(F)F)CC1. The molecule has 100 valence electrons. The van der Waals surface area contributed by atoms with Crippen LogP contribution in [0.25, 0.3) is 0 Å². The van der Waals surface area contributed by atoms with Crippen molar-refractivity contribution in [1.29, 1.82) is 0 Å². The van der Waals surface area contributed by atoms with Crippen molar-refractivity contribution < 1.29 is 13.2 Å². The van der Waals surface area contributed by atoms with Crippen LogP contribution >= 0.6 is 11.6 Å². The van der Waals surface area contributed by atoms with E-state index in [-0.39, 0.29) is 10.6 Å². The van der Waals surface area contributed by atoms with Crippen LogP contribution in [0.3, 0.4) is 0 Å². The average molecular weight is 278 g/mol. The summed E-state index contributed by atoms with van der Waals surface area (Å²) in [5, 5.41) is 0.154. The molecule has 1 fully saturated rings. The lowest BCUT2D eigenvalue weighted by atomic mass is 9.77. The van der Waals surface area contributed by atoms with Gasteiger partial charge in [-0.25, -0.2) is 0 Å². The first-order valence-corrected chi connectivity index (χ1v) is 6.12. The molecule has 0 unspecified atom stereocenters. The van der Waals surface area contributed by atoms with E-state index in [1.54, 1.807) is 13.8 Å². The highest BCUT2D eigenvalue weighted by atomic mass is 35.5. The molecule has 1 nitrogen and oxygen atoms in total. The Morgan fingerprint density at radius 2 is 1.78 bits per heavy atom. The number of rotatable bonds is 2. The molecule has 0 saturated heterocycles. The van der Waals surface area contributed by atoms with E-state index in [2.05, 4.69) is 0 Å². The molecule has 0 aromatic heterocycles. The zero-order valence-corrected chi connectivity index (χ0v) is 11.0. The number of hydrogen-bond donors (Lipinski definition) is 1. The third-order valence-corrected chi connectivity index (χ3v) is 4.10. The summed E-state index contributed by atoms with van der Waals surface area (Å²) in [5.74, 6) is 0. The number of halogens is 4. The lowest BCUT2D eigenvalue weighted by Crippen LogP contribution is -2.46. The molecular weight excluding hydrogens is 263 g/mol. The molecule has 5 heteroatoms. The van der Waals surface area contributed by atoms with Crippen molar-refractivity contribution in [2.24, 2.45) is 5.73 Å². The molecule has 0 heterocycles. The Kier molecular flexibility index (Phi) is 2.95. The van der Waals surface area contributed by atoms with Gasteiger partial charge in [-0.3, -0.25) is 0 Å². The monoisotopic (exact) mass is 277 g/mol. The number of hydrogen-bond acceptors (Lipinski definition) is 1. The van der Waals surface area contributed by atoms with Crippen molar-refractivity contribution in [3.63, 3.8) is 0 Å². The van der Waals surface area contributed by atoms with Gasteiger partial charge in [-0.05, 0) is 44.4 Å². The van der Waals surface area contributed by atoms with Gasteiger partial charge in [0, 0.05) is 16.0 Å². The maximum atomic E-state index is 13.1. The van der Waals surface area contributed by atoms with Crippen molar-refractivity contribution in [3.05, 3.63) is 34.3 Å². The molecule has 1 aromatic carbocycles. The molecule has 18 heavy (non-hydrogen) atoms. The third kappa shape index (κ3) is 2.01. The predicted octanol–water partition coefficient (Wildman–Crippen LogP) is 4.13. The lowest BCUT2D eigenvalue weighted by molar-refractivity contribution is -0.138. The van der Waals surface area contributed by atoms with Crippen molar-refractivity contribution in [1.82, 2.24) is 0 Å². The lowest BCUT2D eigenvalue weighted by Gasteiger charge is -2.33. The molecule has 2 N–H and O–H groups in total. The molecule has 0 amide bonds. The summed E-state index contributed by atoms with van der Waals surface area (Å²) in [6, 6.07) is 3.90. The van der Waals surface area contributed by atoms with Crippen molar-refractivity contribution in [2.45, 2.75) is 43.8 Å². The quantitative estimate of drug-likeness (QED) is 0.864. The summed E-state index contributed by atoms with van der Waals surface area (Å²) >= 11 is 6.01. The van der Waals surface area contributed by atoms with E-state index in [9.17, 15) is 13.2 Å². The first-order chi connectivity index (χ1) is 8.09. The highest BCUT2D eigenvalue weighted by Crippen LogP contribution is 2.59. The molecule has 0 radical (unpaired) electrons. The van der Waals surface area contributed by atoms with Crippen LogP contribution in [-0.2, 0) is 11.6 Å². The van der Waals surface area contributed by atoms with E-state index in [1.807, 2.05) is 0 Å². The summed E-state index contributed by atoms with van der Waals surface area (Å²) in [6.07, 6.45) is -3.12. The van der Waals surface area contributed by atoms with Crippen LogP contribution in [0.1, 0.15) is 37.8 Å². The highest BCUT2D eigenvalue weighted by molar-refractivity contribution is 6.31. The molecule has 0 spiro atoms. The van der Waals surface area contributed by atoms with Crippen LogP contribution in [-0.4, -0.2) is 5.54 Å². The second-order valence-electron chi connectivity index (χ2n) is 5.46. The van der Waals surface area contributed by atoms with E-state index >= 15 is 0 Å². The minimum atomic E-state index is -4.40. The van der Waals surface area contributed by atoms with E-state index in [0.717, 1.165) is 6.07 Å². The van der Waals surface area contributed by atoms with Gasteiger partial charge in [-0.15, -0.1) is 0 Å². The molecule has 1 aromatic rings. The van der Waals surface area contributed by atoms with Crippen molar-refractivity contribution in [2.75, 3.05) is 0 Å². The van der Waals surface area contributed by atoms with Gasteiger partial charge >= 0.3 is 6.18 Å². The Labute approximate surface area is 109 Å². The summed E-state index contributed by atoms with van der Waals surface area (Å²) in [6.45, 7) is 3.51. The second-order valence-corrected chi connectivity index (χ2v) is 5.87. The Balaban J connectivity index is 2.65. The fourth-order valence-corrected chi connectivity index (χ4v) is 2.94. The first kappa shape index (κ1) is 13.7. The predicted molar refractivity (Wildman–Crippen MR) is 65.6 cm³/mol. The summed E-state index contributed by atoms with van der Waals surface area (Å²) in [4.78, 5) is 0. The van der Waals surface area contributed by atoms with Gasteiger partial charge in [0.25, 0.3) is 0 Å². The molecule has 0 aliphatic heterocycles. The topological polar surface area (TPSA) is 26.0 Å². The maximum absolute atomic E-state index is 13.1. The average Bonchev–Trinajstić information content (AvgIpc) is 2.95. The van der Waals surface area contributed by atoms with Gasteiger partial charge in [0.15, 0.2) is 0 Å². The van der Waals surface area contributed by atoms with Crippen LogP contribution in [0.15, 0.2) is 18.2 Å². The molecule has 0 atom stereocenters. The zero-order chi connectivity index (χ0) is 13.8. The van der Waals surface area contributed by atoms with E-state index < -0.39 is 22.7 Å². The Hall–Kier alpha value is -0.740. The van der Waals surface area contributed by atoms with E-state index in [1.165, 1.54) is 12.1 Å². The molecule has 0 bridgehead atoms. The van der Waals surface area contributed by atoms with Crippen LogP contribution in [0.5, 0.6) is 0 Å². The normalized spacial score (nSPS) is 18.8. The fourth-order valence-electron chi connectivity index (χ4n) is 2.59. The van der Waals surface area contributed by atoms with Gasteiger partial charge in [-0.2, -0.15) is 13.2 Å². The van der Waals surface area contributed by atoms with E-state index in [4.69, 9.17) is 17.3 Å². The standard InChI is InChI=1S/C13H15ClF3N/c1-11(2,18)12(6-7-12)10-8(13(15,16)17)4-3-5-9(10)14/h3-5H,6-7,18H2,1-2H3. The van der Waals surface area contributed by atoms with Crippen molar-refractivity contribution in [3.8, 4) is 0 Å². The molecular formula is C13H15ClF3N. The fraction of sp³-hybridized carbons (Fsp3) is 0.538. The first-order valence-electron chi connectivity index (χ1n) is 5.75. The van der Waals surface area contributed by atoms with Crippen LogP contribution in [0.2, 0.25) is 5.02 Å². The van der Waals surface area contributed by atoms with Crippen molar-refractivity contribution >= 4 is 11.6 Å². The largest absolute Gasteiger partial charge is 0.416 e. The van der Waals surface area contributed by atoms with Gasteiger partial charge in [-0.1, -0.05) is 17.7 Å². The molecule has 1 saturated carbocycles. The minimum absolute atomic E-state index is 0.154. The molecule has 2 rings (SSSR count). The number of alkyl halides is 3. The second kappa shape index (κ2) is 3.87. The van der Waals surface area contributed by atoms with Gasteiger partial charge < -0.3 is 5.73 Å². The number of benzene rings is 1. The number of nitrogens with two attached hydrogens (primary N) is 1. The molecule has 1 aliphatic carbocycles. The zero-order valence-electron chi connectivity index (χ0n) is 10.2. The van der Waals surface area contributed by atoms with Gasteiger partial charge in [0.1, 0.15) is 0 Å². The summed E-state index contributed by atoms with van der Waals surface area (Å²) in [5.41, 5.74) is 4.18. The van der Waals surface area contributed by atoms with Crippen LogP contribution in [0, 0.1) is 0 Å². The smallest absolute Gasteiger partial charge is 0.325 e. The Morgan fingerprint density at radius 3 is 2.17 bits per heavy atom. The van der Waals surface area contributed by atoms with Gasteiger partial charge in [0.2, 0.25) is 0 Å². The van der Waals surface area contributed by atoms with E-state index in [0.29, 0.717) is 12.8 Å². The van der Waals surface area contributed by atoms with Gasteiger partial charge in [0.05, 0.1) is 5.56 Å². The maximum Gasteiger partial charge on any atom is 0.416 e. The third-order valence-electron chi connectivity index (χ3n) is 3.78. The minimum Gasteiger partial charge on any atom is -0.325 e. The Morgan fingerprint density at radius 1 is 1.22 bits per heavy atom. The van der Waals surface area contributed by atoms with Crippen LogP contribution < -0.4 is 5.73 Å². The Bertz CT molecular complexity index is 470. The highest BCUT2D eigenvalue weighted by Gasteiger charge is 2.57. The molecule has 1 aliphatic rings. The summed E-state index contributed by atoms with van der Waals surface area (Å²) in [7, 11) is 0.